The third kappa shape index (κ3) is 2.96. The Kier molecular flexibility index (Phi) is 3.65. The molecule has 0 aliphatic carbocycles. The Morgan fingerprint density at radius 1 is 0.818 bits per heavy atom. The SMILES string of the molecule is Cc1ccc(-c2ccc(C3CC(C)(C)NC3(C)C)cc2)cc1. The third-order valence-corrected chi connectivity index (χ3v) is 4.94. The van der Waals surface area contributed by atoms with Crippen LogP contribution in [0.2, 0.25) is 0 Å². The summed E-state index contributed by atoms with van der Waals surface area (Å²) >= 11 is 0. The largest absolute Gasteiger partial charge is 0.306 e. The van der Waals surface area contributed by atoms with Crippen LogP contribution in [0.3, 0.4) is 0 Å². The molecule has 0 radical (unpaired) electrons. The quantitative estimate of drug-likeness (QED) is 0.792. The van der Waals surface area contributed by atoms with Crippen molar-refractivity contribution in [1.29, 1.82) is 0 Å². The van der Waals surface area contributed by atoms with Gasteiger partial charge in [-0.25, -0.2) is 0 Å². The number of hydrogen-bond donors (Lipinski definition) is 1. The van der Waals surface area contributed by atoms with E-state index in [1.54, 1.807) is 0 Å². The minimum Gasteiger partial charge on any atom is -0.306 e. The Bertz CT molecular complexity index is 647. The number of aryl methyl sites for hydroxylation is 1. The summed E-state index contributed by atoms with van der Waals surface area (Å²) in [6.45, 7) is 11.4. The lowest BCUT2D eigenvalue weighted by Gasteiger charge is -2.28. The maximum atomic E-state index is 3.77. The first-order valence-corrected chi connectivity index (χ1v) is 8.23. The van der Waals surface area contributed by atoms with Crippen LogP contribution in [-0.4, -0.2) is 11.1 Å². The molecular weight excluding hydrogens is 266 g/mol. The average molecular weight is 293 g/mol. The highest BCUT2D eigenvalue weighted by Gasteiger charge is 2.44. The van der Waals surface area contributed by atoms with Crippen LogP contribution in [0.15, 0.2) is 48.5 Å². The van der Waals surface area contributed by atoms with E-state index in [0.717, 1.165) is 0 Å². The molecule has 1 aliphatic rings. The summed E-state index contributed by atoms with van der Waals surface area (Å²) in [4.78, 5) is 0. The second-order valence-electron chi connectivity index (χ2n) is 7.98. The summed E-state index contributed by atoms with van der Waals surface area (Å²) in [5.41, 5.74) is 5.70. The van der Waals surface area contributed by atoms with Crippen molar-refractivity contribution in [3.63, 3.8) is 0 Å². The molecule has 1 heterocycles. The number of benzene rings is 2. The van der Waals surface area contributed by atoms with Gasteiger partial charge in [0, 0.05) is 17.0 Å². The van der Waals surface area contributed by atoms with Crippen LogP contribution in [0.25, 0.3) is 11.1 Å². The molecule has 1 fully saturated rings. The van der Waals surface area contributed by atoms with Gasteiger partial charge in [-0.1, -0.05) is 54.1 Å². The Morgan fingerprint density at radius 2 is 1.32 bits per heavy atom. The summed E-state index contributed by atoms with van der Waals surface area (Å²) in [5.74, 6) is 0.564. The molecule has 116 valence electrons. The van der Waals surface area contributed by atoms with Gasteiger partial charge in [0.1, 0.15) is 0 Å². The van der Waals surface area contributed by atoms with E-state index >= 15 is 0 Å². The average Bonchev–Trinajstić information content (AvgIpc) is 2.68. The van der Waals surface area contributed by atoms with Gasteiger partial charge in [0.25, 0.3) is 0 Å². The first-order chi connectivity index (χ1) is 10.3. The summed E-state index contributed by atoms with van der Waals surface area (Å²) in [7, 11) is 0. The maximum Gasteiger partial charge on any atom is 0.0199 e. The Labute approximate surface area is 134 Å². The lowest BCUT2D eigenvalue weighted by molar-refractivity contribution is 0.358. The second-order valence-corrected chi connectivity index (χ2v) is 7.98. The van der Waals surface area contributed by atoms with Crippen molar-refractivity contribution in [1.82, 2.24) is 5.32 Å². The first kappa shape index (κ1) is 15.3. The van der Waals surface area contributed by atoms with E-state index in [2.05, 4.69) is 88.5 Å². The topological polar surface area (TPSA) is 12.0 Å². The predicted molar refractivity (Wildman–Crippen MR) is 95.3 cm³/mol. The molecule has 1 unspecified atom stereocenters. The van der Waals surface area contributed by atoms with E-state index in [-0.39, 0.29) is 11.1 Å². The zero-order valence-electron chi connectivity index (χ0n) is 14.4. The number of rotatable bonds is 2. The van der Waals surface area contributed by atoms with E-state index in [4.69, 9.17) is 0 Å². The molecule has 0 bridgehead atoms. The fourth-order valence-electron chi connectivity index (χ4n) is 3.96. The maximum absolute atomic E-state index is 3.77. The molecule has 0 spiro atoms. The molecular formula is C21H27N. The van der Waals surface area contributed by atoms with Gasteiger partial charge in [-0.15, -0.1) is 0 Å². The van der Waals surface area contributed by atoms with E-state index in [1.807, 2.05) is 0 Å². The van der Waals surface area contributed by atoms with Crippen molar-refractivity contribution in [2.45, 2.75) is 58.0 Å². The fourth-order valence-corrected chi connectivity index (χ4v) is 3.96. The van der Waals surface area contributed by atoms with Crippen LogP contribution in [0.4, 0.5) is 0 Å². The highest BCUT2D eigenvalue weighted by Crippen LogP contribution is 2.42. The summed E-state index contributed by atoms with van der Waals surface area (Å²) in [6, 6.07) is 17.9. The molecule has 0 aromatic heterocycles. The van der Waals surface area contributed by atoms with Gasteiger partial charge in [-0.05, 0) is 57.7 Å². The number of nitrogens with one attached hydrogen (secondary N) is 1. The van der Waals surface area contributed by atoms with E-state index < -0.39 is 0 Å². The molecule has 1 heteroatoms. The van der Waals surface area contributed by atoms with Gasteiger partial charge >= 0.3 is 0 Å². The van der Waals surface area contributed by atoms with Crippen molar-refractivity contribution in [2.24, 2.45) is 0 Å². The standard InChI is InChI=1S/C21H27N/c1-15-6-8-16(9-7-15)17-10-12-18(13-11-17)19-14-20(2,3)22-21(19,4)5/h6-13,19,22H,14H2,1-5H3. The molecule has 2 aromatic carbocycles. The van der Waals surface area contributed by atoms with Crippen LogP contribution in [0, 0.1) is 6.92 Å². The highest BCUT2D eigenvalue weighted by molar-refractivity contribution is 5.64. The molecule has 0 saturated carbocycles. The molecule has 3 rings (SSSR count). The van der Waals surface area contributed by atoms with E-state index in [1.165, 1.54) is 28.7 Å². The Morgan fingerprint density at radius 3 is 1.77 bits per heavy atom. The predicted octanol–water partition coefficient (Wildman–Crippen LogP) is 5.30. The Hall–Kier alpha value is -1.60. The summed E-state index contributed by atoms with van der Waals surface area (Å²) in [5, 5.41) is 3.77. The molecule has 1 saturated heterocycles. The van der Waals surface area contributed by atoms with E-state index in [0.29, 0.717) is 5.92 Å². The van der Waals surface area contributed by atoms with Crippen LogP contribution < -0.4 is 5.32 Å². The normalized spacial score (nSPS) is 22.7. The van der Waals surface area contributed by atoms with Crippen molar-refractivity contribution in [3.05, 3.63) is 59.7 Å². The van der Waals surface area contributed by atoms with Gasteiger partial charge in [0.15, 0.2) is 0 Å². The first-order valence-electron chi connectivity index (χ1n) is 8.23. The van der Waals surface area contributed by atoms with Crippen molar-refractivity contribution in [3.8, 4) is 11.1 Å². The van der Waals surface area contributed by atoms with E-state index in [9.17, 15) is 0 Å². The lowest BCUT2D eigenvalue weighted by atomic mass is 9.81. The van der Waals surface area contributed by atoms with Crippen LogP contribution >= 0.6 is 0 Å². The molecule has 1 nitrogen and oxygen atoms in total. The van der Waals surface area contributed by atoms with Crippen LogP contribution in [0.5, 0.6) is 0 Å². The number of hydrogen-bond acceptors (Lipinski definition) is 1. The molecule has 2 aromatic rings. The van der Waals surface area contributed by atoms with Crippen LogP contribution in [-0.2, 0) is 0 Å². The van der Waals surface area contributed by atoms with Gasteiger partial charge < -0.3 is 5.32 Å². The van der Waals surface area contributed by atoms with Gasteiger partial charge in [-0.2, -0.15) is 0 Å². The van der Waals surface area contributed by atoms with Crippen molar-refractivity contribution < 1.29 is 0 Å². The molecule has 1 aliphatic heterocycles. The second kappa shape index (κ2) is 5.24. The highest BCUT2D eigenvalue weighted by atomic mass is 15.1. The van der Waals surface area contributed by atoms with Crippen LogP contribution in [0.1, 0.15) is 51.2 Å². The molecule has 0 amide bonds. The van der Waals surface area contributed by atoms with Gasteiger partial charge in [0.2, 0.25) is 0 Å². The van der Waals surface area contributed by atoms with Crippen molar-refractivity contribution >= 4 is 0 Å². The minimum atomic E-state index is 0.148. The third-order valence-electron chi connectivity index (χ3n) is 4.94. The molecule has 1 atom stereocenters. The minimum absolute atomic E-state index is 0.148. The molecule has 1 N–H and O–H groups in total. The van der Waals surface area contributed by atoms with Gasteiger partial charge in [0.05, 0.1) is 0 Å². The summed E-state index contributed by atoms with van der Waals surface area (Å²) in [6.07, 6.45) is 1.18. The smallest absolute Gasteiger partial charge is 0.0199 e. The fraction of sp³-hybridized carbons (Fsp3) is 0.429. The zero-order chi connectivity index (χ0) is 16.0. The van der Waals surface area contributed by atoms with Gasteiger partial charge in [-0.3, -0.25) is 0 Å². The molecule has 22 heavy (non-hydrogen) atoms. The Balaban J connectivity index is 1.87. The lowest BCUT2D eigenvalue weighted by Crippen LogP contribution is -2.44. The summed E-state index contributed by atoms with van der Waals surface area (Å²) < 4.78 is 0. The van der Waals surface area contributed by atoms with Crippen molar-refractivity contribution in [2.75, 3.05) is 0 Å². The zero-order valence-corrected chi connectivity index (χ0v) is 14.4. The monoisotopic (exact) mass is 293 g/mol.